The van der Waals surface area contributed by atoms with Crippen molar-refractivity contribution in [2.45, 2.75) is 51.7 Å². The van der Waals surface area contributed by atoms with Crippen LogP contribution in [0.3, 0.4) is 0 Å². The molecule has 2 unspecified atom stereocenters. The van der Waals surface area contributed by atoms with Gasteiger partial charge < -0.3 is 20.5 Å². The molecule has 1 aromatic carbocycles. The average Bonchev–Trinajstić information content (AvgIpc) is 2.86. The van der Waals surface area contributed by atoms with Crippen LogP contribution in [-0.4, -0.2) is 29.4 Å². The third-order valence-corrected chi connectivity index (χ3v) is 4.17. The molecule has 128 valence electrons. The third-order valence-electron chi connectivity index (χ3n) is 3.87. The second-order valence-corrected chi connectivity index (χ2v) is 7.40. The van der Waals surface area contributed by atoms with E-state index < -0.39 is 5.60 Å². The lowest BCUT2D eigenvalue weighted by Gasteiger charge is -2.24. The first-order valence-electron chi connectivity index (χ1n) is 7.96. The fourth-order valence-electron chi connectivity index (χ4n) is 2.81. The van der Waals surface area contributed by atoms with Gasteiger partial charge in [-0.2, -0.15) is 0 Å². The number of anilines is 1. The van der Waals surface area contributed by atoms with Crippen LogP contribution in [0.1, 0.15) is 40.0 Å². The van der Waals surface area contributed by atoms with E-state index in [9.17, 15) is 9.90 Å². The molecular formula is C17H25ClN2O3. The first-order valence-corrected chi connectivity index (χ1v) is 8.34. The van der Waals surface area contributed by atoms with Gasteiger partial charge in [0.1, 0.15) is 11.4 Å². The molecule has 0 heterocycles. The van der Waals surface area contributed by atoms with Crippen molar-refractivity contribution in [3.8, 4) is 5.75 Å². The van der Waals surface area contributed by atoms with Crippen LogP contribution in [0.2, 0.25) is 5.02 Å². The van der Waals surface area contributed by atoms with Gasteiger partial charge >= 0.3 is 6.09 Å². The van der Waals surface area contributed by atoms with E-state index >= 15 is 0 Å². The van der Waals surface area contributed by atoms with Gasteiger partial charge in [-0.05, 0) is 57.7 Å². The number of hydrogen-bond donors (Lipinski definition) is 3. The molecule has 1 aliphatic rings. The monoisotopic (exact) mass is 340 g/mol. The number of aromatic hydroxyl groups is 1. The van der Waals surface area contributed by atoms with Crippen LogP contribution in [0.25, 0.3) is 0 Å². The molecule has 6 heteroatoms. The Bertz CT molecular complexity index is 557. The Labute approximate surface area is 142 Å². The van der Waals surface area contributed by atoms with E-state index in [-0.39, 0.29) is 17.9 Å². The number of rotatable bonds is 4. The number of halogens is 1. The molecule has 0 spiro atoms. The zero-order chi connectivity index (χ0) is 17.0. The molecule has 1 aromatic rings. The standard InChI is InChI=1S/C17H25ClN2O3/c1-17(2,3)23-16(22)19-10-11-5-4-6-14(11)20-12-7-8-15(21)13(18)9-12/h7-9,11,14,20-21H,4-6,10H2,1-3H3,(H,19,22). The van der Waals surface area contributed by atoms with Gasteiger partial charge in [0.25, 0.3) is 0 Å². The number of phenols is 1. The predicted molar refractivity (Wildman–Crippen MR) is 92.1 cm³/mol. The number of carbonyl (C=O) groups is 1. The number of benzene rings is 1. The van der Waals surface area contributed by atoms with E-state index in [4.69, 9.17) is 16.3 Å². The number of alkyl carbamates (subject to hydrolysis) is 1. The number of carbonyl (C=O) groups excluding carboxylic acids is 1. The molecular weight excluding hydrogens is 316 g/mol. The molecule has 3 N–H and O–H groups in total. The van der Waals surface area contributed by atoms with Gasteiger partial charge in [-0.1, -0.05) is 18.0 Å². The molecule has 1 fully saturated rings. The fraction of sp³-hybridized carbons (Fsp3) is 0.588. The highest BCUT2D eigenvalue weighted by Gasteiger charge is 2.28. The van der Waals surface area contributed by atoms with Crippen LogP contribution in [-0.2, 0) is 4.74 Å². The van der Waals surface area contributed by atoms with E-state index in [0.717, 1.165) is 24.9 Å². The molecule has 0 aliphatic heterocycles. The van der Waals surface area contributed by atoms with Crippen molar-refractivity contribution in [3.05, 3.63) is 23.2 Å². The molecule has 0 aromatic heterocycles. The van der Waals surface area contributed by atoms with Gasteiger partial charge in [-0.25, -0.2) is 4.79 Å². The lowest BCUT2D eigenvalue weighted by molar-refractivity contribution is 0.0519. The number of nitrogens with one attached hydrogen (secondary N) is 2. The van der Waals surface area contributed by atoms with Crippen molar-refractivity contribution >= 4 is 23.4 Å². The quantitative estimate of drug-likeness (QED) is 0.720. The summed E-state index contributed by atoms with van der Waals surface area (Å²) in [6, 6.07) is 5.37. The zero-order valence-corrected chi connectivity index (χ0v) is 14.6. The first-order chi connectivity index (χ1) is 10.7. The molecule has 5 nitrogen and oxygen atoms in total. The van der Waals surface area contributed by atoms with Crippen molar-refractivity contribution < 1.29 is 14.6 Å². The Morgan fingerprint density at radius 2 is 2.13 bits per heavy atom. The Morgan fingerprint density at radius 3 is 2.78 bits per heavy atom. The Balaban J connectivity index is 1.87. The van der Waals surface area contributed by atoms with Gasteiger partial charge in [-0.15, -0.1) is 0 Å². The third kappa shape index (κ3) is 5.50. The first kappa shape index (κ1) is 17.7. The molecule has 2 rings (SSSR count). The van der Waals surface area contributed by atoms with Gasteiger partial charge in [0, 0.05) is 18.3 Å². The van der Waals surface area contributed by atoms with Crippen LogP contribution in [0, 0.1) is 5.92 Å². The largest absolute Gasteiger partial charge is 0.506 e. The predicted octanol–water partition coefficient (Wildman–Crippen LogP) is 4.15. The minimum Gasteiger partial charge on any atom is -0.506 e. The maximum Gasteiger partial charge on any atom is 0.407 e. The van der Waals surface area contributed by atoms with E-state index in [1.54, 1.807) is 18.2 Å². The normalized spacial score (nSPS) is 21.0. The van der Waals surface area contributed by atoms with Crippen LogP contribution in [0.4, 0.5) is 10.5 Å². The molecule has 1 aliphatic carbocycles. The van der Waals surface area contributed by atoms with Crippen LogP contribution in [0.5, 0.6) is 5.75 Å². The fourth-order valence-corrected chi connectivity index (χ4v) is 2.99. The second-order valence-electron chi connectivity index (χ2n) is 6.99. The molecule has 0 bridgehead atoms. The lowest BCUT2D eigenvalue weighted by atomic mass is 10.0. The highest BCUT2D eigenvalue weighted by atomic mass is 35.5. The van der Waals surface area contributed by atoms with Gasteiger partial charge in [0.05, 0.1) is 5.02 Å². The van der Waals surface area contributed by atoms with Crippen molar-refractivity contribution in [2.24, 2.45) is 5.92 Å². The molecule has 0 saturated heterocycles. The topological polar surface area (TPSA) is 70.6 Å². The molecule has 1 saturated carbocycles. The molecule has 0 radical (unpaired) electrons. The van der Waals surface area contributed by atoms with Crippen molar-refractivity contribution in [2.75, 3.05) is 11.9 Å². The molecule has 23 heavy (non-hydrogen) atoms. The average molecular weight is 341 g/mol. The van der Waals surface area contributed by atoms with Crippen LogP contribution in [0.15, 0.2) is 18.2 Å². The summed E-state index contributed by atoms with van der Waals surface area (Å²) in [5, 5.41) is 16.1. The minimum absolute atomic E-state index is 0.0757. The number of amides is 1. The van der Waals surface area contributed by atoms with E-state index in [1.165, 1.54) is 0 Å². The number of phenolic OH excluding ortho intramolecular Hbond substituents is 1. The zero-order valence-electron chi connectivity index (χ0n) is 13.9. The van der Waals surface area contributed by atoms with Gasteiger partial charge in [0.2, 0.25) is 0 Å². The van der Waals surface area contributed by atoms with E-state index in [1.807, 2.05) is 20.8 Å². The SMILES string of the molecule is CC(C)(C)OC(=O)NCC1CCCC1Nc1ccc(O)c(Cl)c1. The van der Waals surface area contributed by atoms with Crippen molar-refractivity contribution in [3.63, 3.8) is 0 Å². The summed E-state index contributed by atoms with van der Waals surface area (Å²) in [4.78, 5) is 11.8. The summed E-state index contributed by atoms with van der Waals surface area (Å²) >= 11 is 5.94. The molecule has 1 amide bonds. The summed E-state index contributed by atoms with van der Waals surface area (Å²) < 4.78 is 5.26. The summed E-state index contributed by atoms with van der Waals surface area (Å²) in [7, 11) is 0. The summed E-state index contributed by atoms with van der Waals surface area (Å²) in [6.07, 6.45) is 2.83. The van der Waals surface area contributed by atoms with Gasteiger partial charge in [0.15, 0.2) is 0 Å². The van der Waals surface area contributed by atoms with Crippen molar-refractivity contribution in [1.29, 1.82) is 0 Å². The van der Waals surface area contributed by atoms with Crippen LogP contribution < -0.4 is 10.6 Å². The highest BCUT2D eigenvalue weighted by molar-refractivity contribution is 6.32. The maximum absolute atomic E-state index is 11.8. The Kier molecular flexibility index (Phi) is 5.63. The summed E-state index contributed by atoms with van der Waals surface area (Å²) in [5.41, 5.74) is 0.391. The van der Waals surface area contributed by atoms with Crippen molar-refractivity contribution in [1.82, 2.24) is 5.32 Å². The maximum atomic E-state index is 11.8. The lowest BCUT2D eigenvalue weighted by Crippen LogP contribution is -2.38. The second kappa shape index (κ2) is 7.30. The Morgan fingerprint density at radius 1 is 1.39 bits per heavy atom. The Hall–Kier alpha value is -1.62. The number of ether oxygens (including phenoxy) is 1. The number of hydrogen-bond acceptors (Lipinski definition) is 4. The minimum atomic E-state index is -0.486. The summed E-state index contributed by atoms with van der Waals surface area (Å²) in [5.74, 6) is 0.418. The molecule has 2 atom stereocenters. The summed E-state index contributed by atoms with van der Waals surface area (Å²) in [6.45, 7) is 6.13. The van der Waals surface area contributed by atoms with E-state index in [2.05, 4.69) is 10.6 Å². The van der Waals surface area contributed by atoms with E-state index in [0.29, 0.717) is 17.5 Å². The highest BCUT2D eigenvalue weighted by Crippen LogP contribution is 2.31. The van der Waals surface area contributed by atoms with Gasteiger partial charge in [-0.3, -0.25) is 0 Å². The smallest absolute Gasteiger partial charge is 0.407 e. The van der Waals surface area contributed by atoms with Crippen LogP contribution >= 0.6 is 11.6 Å².